The smallest absolute Gasteiger partial charge is 0.261 e. The van der Waals surface area contributed by atoms with Crippen molar-refractivity contribution in [3.8, 4) is 17.1 Å². The fourth-order valence-corrected chi connectivity index (χ4v) is 3.38. The highest BCUT2D eigenvalue weighted by Crippen LogP contribution is 2.24. The normalized spacial score (nSPS) is 10.9. The second-order valence-corrected chi connectivity index (χ2v) is 7.07. The Kier molecular flexibility index (Phi) is 5.71. The Hall–Kier alpha value is -3.40. The molecule has 29 heavy (non-hydrogen) atoms. The first-order valence-electron chi connectivity index (χ1n) is 10.0. The Balaban J connectivity index is 1.72. The van der Waals surface area contributed by atoms with E-state index in [1.54, 1.807) is 4.57 Å². The van der Waals surface area contributed by atoms with Crippen molar-refractivity contribution in [1.82, 2.24) is 9.55 Å². The number of benzene rings is 3. The average Bonchev–Trinajstić information content (AvgIpc) is 2.78. The Labute approximate surface area is 170 Å². The minimum Gasteiger partial charge on any atom is -0.489 e. The van der Waals surface area contributed by atoms with Crippen molar-refractivity contribution in [3.05, 3.63) is 94.8 Å². The molecule has 4 heteroatoms. The molecule has 0 aliphatic heterocycles. The lowest BCUT2D eigenvalue weighted by molar-refractivity contribution is 0.306. The molecule has 0 saturated carbocycles. The summed E-state index contributed by atoms with van der Waals surface area (Å²) in [4.78, 5) is 17.9. The zero-order valence-electron chi connectivity index (χ0n) is 16.5. The van der Waals surface area contributed by atoms with E-state index >= 15 is 0 Å². The Bertz CT molecular complexity index is 1170. The summed E-state index contributed by atoms with van der Waals surface area (Å²) in [5, 5.41) is 0.656. The molecule has 4 aromatic rings. The van der Waals surface area contributed by atoms with Crippen LogP contribution >= 0.6 is 0 Å². The second kappa shape index (κ2) is 8.74. The van der Waals surface area contributed by atoms with E-state index in [1.807, 2.05) is 78.9 Å². The van der Waals surface area contributed by atoms with Crippen molar-refractivity contribution >= 4 is 10.9 Å². The summed E-state index contributed by atoms with van der Waals surface area (Å²) in [7, 11) is 0. The molecule has 1 aromatic heterocycles. The van der Waals surface area contributed by atoms with Crippen LogP contribution in [0.15, 0.2) is 83.7 Å². The Morgan fingerprint density at radius 3 is 2.55 bits per heavy atom. The van der Waals surface area contributed by atoms with Crippen LogP contribution in [0.3, 0.4) is 0 Å². The number of hydrogen-bond acceptors (Lipinski definition) is 3. The highest BCUT2D eigenvalue weighted by Gasteiger charge is 2.13. The molecule has 4 nitrogen and oxygen atoms in total. The molecule has 0 aliphatic carbocycles. The molecular formula is C25H24N2O2. The van der Waals surface area contributed by atoms with Gasteiger partial charge in [0.25, 0.3) is 5.56 Å². The third-order valence-electron chi connectivity index (χ3n) is 4.94. The monoisotopic (exact) mass is 384 g/mol. The quantitative estimate of drug-likeness (QED) is 0.426. The van der Waals surface area contributed by atoms with Crippen molar-refractivity contribution in [1.29, 1.82) is 0 Å². The summed E-state index contributed by atoms with van der Waals surface area (Å²) in [5.41, 5.74) is 2.72. The molecule has 0 radical (unpaired) electrons. The van der Waals surface area contributed by atoms with Gasteiger partial charge in [-0.25, -0.2) is 4.98 Å². The molecule has 4 rings (SSSR count). The number of aromatic nitrogens is 2. The summed E-state index contributed by atoms with van der Waals surface area (Å²) in [6.45, 7) is 3.27. The molecule has 0 fully saturated rings. The first kappa shape index (κ1) is 18.9. The minimum absolute atomic E-state index is 0.00894. The van der Waals surface area contributed by atoms with Gasteiger partial charge in [0.15, 0.2) is 0 Å². The number of unbranched alkanes of at least 4 members (excludes halogenated alkanes) is 1. The molecule has 0 spiro atoms. The average molecular weight is 384 g/mol. The maximum atomic E-state index is 13.1. The van der Waals surface area contributed by atoms with Gasteiger partial charge >= 0.3 is 0 Å². The van der Waals surface area contributed by atoms with Crippen LogP contribution in [-0.4, -0.2) is 9.55 Å². The molecule has 0 unspecified atom stereocenters. The maximum absolute atomic E-state index is 13.1. The lowest BCUT2D eigenvalue weighted by Gasteiger charge is -2.14. The first-order chi connectivity index (χ1) is 14.3. The van der Waals surface area contributed by atoms with E-state index in [2.05, 4.69) is 6.92 Å². The van der Waals surface area contributed by atoms with Gasteiger partial charge in [0.1, 0.15) is 18.2 Å². The van der Waals surface area contributed by atoms with Crippen LogP contribution in [0.1, 0.15) is 25.3 Å². The largest absolute Gasteiger partial charge is 0.489 e. The van der Waals surface area contributed by atoms with Gasteiger partial charge in [-0.3, -0.25) is 9.36 Å². The van der Waals surface area contributed by atoms with Crippen LogP contribution in [0.25, 0.3) is 22.3 Å². The Morgan fingerprint density at radius 1 is 0.931 bits per heavy atom. The summed E-state index contributed by atoms with van der Waals surface area (Å²) in [6.07, 6.45) is 1.94. The third-order valence-corrected chi connectivity index (χ3v) is 4.94. The van der Waals surface area contributed by atoms with Gasteiger partial charge in [0.05, 0.1) is 10.9 Å². The third kappa shape index (κ3) is 4.21. The lowest BCUT2D eigenvalue weighted by atomic mass is 10.1. The standard InChI is InChI=1S/C25H24N2O2/c1-2-3-16-27-24(26-23-15-8-7-14-22(23)25(27)28)20-12-9-13-21(17-20)29-18-19-10-5-4-6-11-19/h4-15,17H,2-3,16,18H2,1H3. The zero-order chi connectivity index (χ0) is 20.1. The summed E-state index contributed by atoms with van der Waals surface area (Å²) in [6, 6.07) is 25.4. The van der Waals surface area contributed by atoms with Crippen LogP contribution in [0.4, 0.5) is 0 Å². The van der Waals surface area contributed by atoms with Gasteiger partial charge in [0.2, 0.25) is 0 Å². The summed E-state index contributed by atoms with van der Waals surface area (Å²) < 4.78 is 7.77. The fraction of sp³-hybridized carbons (Fsp3) is 0.200. The Morgan fingerprint density at radius 2 is 1.72 bits per heavy atom. The lowest BCUT2D eigenvalue weighted by Crippen LogP contribution is -2.23. The van der Waals surface area contributed by atoms with Crippen molar-refractivity contribution in [2.75, 3.05) is 0 Å². The van der Waals surface area contributed by atoms with Crippen LogP contribution in [0.5, 0.6) is 5.75 Å². The summed E-state index contributed by atoms with van der Waals surface area (Å²) in [5.74, 6) is 1.45. The van der Waals surface area contributed by atoms with Gasteiger partial charge in [-0.2, -0.15) is 0 Å². The van der Waals surface area contributed by atoms with Crippen LogP contribution in [-0.2, 0) is 13.2 Å². The molecule has 0 aliphatic rings. The molecule has 3 aromatic carbocycles. The van der Waals surface area contributed by atoms with E-state index < -0.39 is 0 Å². The molecule has 0 N–H and O–H groups in total. The van der Waals surface area contributed by atoms with Gasteiger partial charge in [0, 0.05) is 12.1 Å². The van der Waals surface area contributed by atoms with E-state index in [1.165, 1.54) is 0 Å². The highest BCUT2D eigenvalue weighted by molar-refractivity contribution is 5.79. The summed E-state index contributed by atoms with van der Waals surface area (Å²) >= 11 is 0. The molecular weight excluding hydrogens is 360 g/mol. The first-order valence-corrected chi connectivity index (χ1v) is 10.0. The van der Waals surface area contributed by atoms with Crippen molar-refractivity contribution in [3.63, 3.8) is 0 Å². The predicted molar refractivity (Wildman–Crippen MR) is 117 cm³/mol. The van der Waals surface area contributed by atoms with Crippen LogP contribution < -0.4 is 10.3 Å². The van der Waals surface area contributed by atoms with E-state index in [4.69, 9.17) is 9.72 Å². The van der Waals surface area contributed by atoms with Crippen molar-refractivity contribution in [2.24, 2.45) is 0 Å². The van der Waals surface area contributed by atoms with E-state index in [0.717, 1.165) is 35.2 Å². The van der Waals surface area contributed by atoms with Gasteiger partial charge in [-0.05, 0) is 36.2 Å². The zero-order valence-corrected chi connectivity index (χ0v) is 16.5. The SMILES string of the molecule is CCCCn1c(-c2cccc(OCc3ccccc3)c2)nc2ccccc2c1=O. The van der Waals surface area contributed by atoms with Gasteiger partial charge < -0.3 is 4.74 Å². The molecule has 0 saturated heterocycles. The van der Waals surface area contributed by atoms with Gasteiger partial charge in [-0.1, -0.05) is 67.9 Å². The highest BCUT2D eigenvalue weighted by atomic mass is 16.5. The molecule has 146 valence electrons. The number of hydrogen-bond donors (Lipinski definition) is 0. The molecule has 0 bridgehead atoms. The van der Waals surface area contributed by atoms with E-state index in [-0.39, 0.29) is 5.56 Å². The molecule has 0 atom stereocenters. The van der Waals surface area contributed by atoms with Gasteiger partial charge in [-0.15, -0.1) is 0 Å². The number of ether oxygens (including phenoxy) is 1. The number of nitrogens with zero attached hydrogens (tertiary/aromatic N) is 2. The minimum atomic E-state index is 0.00894. The van der Waals surface area contributed by atoms with Crippen LogP contribution in [0, 0.1) is 0 Å². The van der Waals surface area contributed by atoms with Crippen molar-refractivity contribution < 1.29 is 4.74 Å². The second-order valence-electron chi connectivity index (χ2n) is 7.07. The molecule has 0 amide bonds. The van der Waals surface area contributed by atoms with Crippen LogP contribution in [0.2, 0.25) is 0 Å². The number of fused-ring (bicyclic) bond motifs is 1. The van der Waals surface area contributed by atoms with Crippen molar-refractivity contribution in [2.45, 2.75) is 32.9 Å². The number of para-hydroxylation sites is 1. The fourth-order valence-electron chi connectivity index (χ4n) is 3.38. The molecule has 1 heterocycles. The van der Waals surface area contributed by atoms with E-state index in [0.29, 0.717) is 24.4 Å². The predicted octanol–water partition coefficient (Wildman–Crippen LogP) is 5.44. The number of rotatable bonds is 7. The topological polar surface area (TPSA) is 44.1 Å². The van der Waals surface area contributed by atoms with E-state index in [9.17, 15) is 4.79 Å². The maximum Gasteiger partial charge on any atom is 0.261 e.